The van der Waals surface area contributed by atoms with Crippen molar-refractivity contribution < 1.29 is 13.9 Å². The highest BCUT2D eigenvalue weighted by Gasteiger charge is 2.05. The molecule has 0 fully saturated rings. The Morgan fingerprint density at radius 1 is 1.11 bits per heavy atom. The number of nitrogens with zero attached hydrogens (tertiary/aromatic N) is 1. The minimum atomic E-state index is -0.418. The van der Waals surface area contributed by atoms with Gasteiger partial charge in [0.1, 0.15) is 18.2 Å². The van der Waals surface area contributed by atoms with Crippen molar-refractivity contribution in [2.45, 2.75) is 6.61 Å². The number of amides is 1. The van der Waals surface area contributed by atoms with Crippen LogP contribution in [0.5, 0.6) is 5.75 Å². The zero-order valence-corrected chi connectivity index (χ0v) is 16.9. The number of benzene rings is 3. The highest BCUT2D eigenvalue weighted by molar-refractivity contribution is 9.10. The summed E-state index contributed by atoms with van der Waals surface area (Å²) in [7, 11) is 0. The van der Waals surface area contributed by atoms with Gasteiger partial charge >= 0.3 is 0 Å². The molecule has 0 spiro atoms. The number of ether oxygens (including phenoxy) is 1. The molecule has 0 unspecified atom stereocenters. The number of hydrogen-bond donors (Lipinski definition) is 1. The molecule has 0 saturated heterocycles. The molecule has 0 heterocycles. The summed E-state index contributed by atoms with van der Waals surface area (Å²) in [5, 5.41) is 4.60. The van der Waals surface area contributed by atoms with Crippen molar-refractivity contribution in [2.75, 3.05) is 0 Å². The molecule has 3 rings (SSSR count). The van der Waals surface area contributed by atoms with E-state index in [-0.39, 0.29) is 0 Å². The third-order valence-corrected chi connectivity index (χ3v) is 4.62. The summed E-state index contributed by atoms with van der Waals surface area (Å²) in [6.45, 7) is 0.414. The topological polar surface area (TPSA) is 50.7 Å². The van der Waals surface area contributed by atoms with E-state index in [1.54, 1.807) is 0 Å². The molecule has 0 aliphatic rings. The fraction of sp³-hybridized carbons (Fsp3) is 0.0476. The van der Waals surface area contributed by atoms with Gasteiger partial charge < -0.3 is 4.74 Å². The molecular weight excluding hydrogens is 447 g/mol. The van der Waals surface area contributed by atoms with E-state index in [0.717, 1.165) is 15.6 Å². The Labute approximate surface area is 175 Å². The number of hydrogen-bond acceptors (Lipinski definition) is 3. The molecule has 1 N–H and O–H groups in total. The fourth-order valence-corrected chi connectivity index (χ4v) is 2.92. The molecule has 0 radical (unpaired) electrons. The predicted molar refractivity (Wildman–Crippen MR) is 111 cm³/mol. The van der Waals surface area contributed by atoms with E-state index < -0.39 is 11.7 Å². The Balaban J connectivity index is 1.57. The van der Waals surface area contributed by atoms with Gasteiger partial charge in [0.15, 0.2) is 0 Å². The molecule has 4 nitrogen and oxygen atoms in total. The largest absolute Gasteiger partial charge is 0.488 e. The Morgan fingerprint density at radius 2 is 1.82 bits per heavy atom. The highest BCUT2D eigenvalue weighted by atomic mass is 79.9. The first-order valence-electron chi connectivity index (χ1n) is 8.27. The summed E-state index contributed by atoms with van der Waals surface area (Å²) < 4.78 is 19.4. The number of nitrogens with one attached hydrogen (secondary N) is 1. The van der Waals surface area contributed by atoms with Gasteiger partial charge in [-0.2, -0.15) is 5.10 Å². The first kappa shape index (κ1) is 20.0. The summed E-state index contributed by atoms with van der Waals surface area (Å²) in [6, 6.07) is 18.1. The van der Waals surface area contributed by atoms with Gasteiger partial charge in [0.25, 0.3) is 5.91 Å². The van der Waals surface area contributed by atoms with Gasteiger partial charge in [-0.25, -0.2) is 9.82 Å². The predicted octanol–water partition coefficient (Wildman–Crippen LogP) is 5.58. The lowest BCUT2D eigenvalue weighted by Crippen LogP contribution is -2.17. The van der Waals surface area contributed by atoms with Crippen LogP contribution in [-0.4, -0.2) is 12.1 Å². The van der Waals surface area contributed by atoms with E-state index in [1.165, 1.54) is 30.5 Å². The molecule has 3 aromatic rings. The summed E-state index contributed by atoms with van der Waals surface area (Å²) >= 11 is 9.34. The summed E-state index contributed by atoms with van der Waals surface area (Å²) in [4.78, 5) is 11.9. The first-order valence-corrected chi connectivity index (χ1v) is 9.44. The molecule has 0 aromatic heterocycles. The van der Waals surface area contributed by atoms with Crippen molar-refractivity contribution in [3.05, 3.63) is 98.7 Å². The van der Waals surface area contributed by atoms with Crippen molar-refractivity contribution >= 4 is 39.7 Å². The lowest BCUT2D eigenvalue weighted by atomic mass is 10.2. The Kier molecular flexibility index (Phi) is 6.79. The molecule has 1 amide bonds. The van der Waals surface area contributed by atoms with Gasteiger partial charge in [0, 0.05) is 10.6 Å². The minimum absolute atomic E-state index is 0.325. The molecule has 3 aromatic carbocycles. The maximum absolute atomic E-state index is 12.9. The van der Waals surface area contributed by atoms with Crippen LogP contribution in [0.15, 0.2) is 76.3 Å². The van der Waals surface area contributed by atoms with Gasteiger partial charge in [-0.15, -0.1) is 0 Å². The van der Waals surface area contributed by atoms with Crippen LogP contribution < -0.4 is 10.2 Å². The van der Waals surface area contributed by atoms with E-state index in [0.29, 0.717) is 22.9 Å². The van der Waals surface area contributed by atoms with Crippen LogP contribution in [-0.2, 0) is 6.61 Å². The van der Waals surface area contributed by atoms with Crippen molar-refractivity contribution in [2.24, 2.45) is 5.10 Å². The first-order chi connectivity index (χ1) is 13.5. The molecule has 0 bridgehead atoms. The van der Waals surface area contributed by atoms with Crippen molar-refractivity contribution in [1.82, 2.24) is 5.43 Å². The van der Waals surface area contributed by atoms with Gasteiger partial charge in [0.05, 0.1) is 10.7 Å². The average Bonchev–Trinajstić information content (AvgIpc) is 2.69. The quantitative estimate of drug-likeness (QED) is 0.385. The second-order valence-electron chi connectivity index (χ2n) is 5.81. The molecule has 0 aliphatic carbocycles. The second-order valence-corrected chi connectivity index (χ2v) is 7.10. The van der Waals surface area contributed by atoms with Gasteiger partial charge in [-0.3, -0.25) is 4.79 Å². The summed E-state index contributed by atoms with van der Waals surface area (Å²) in [6.07, 6.45) is 1.51. The van der Waals surface area contributed by atoms with Crippen LogP contribution >= 0.6 is 27.5 Å². The smallest absolute Gasteiger partial charge is 0.271 e. The third kappa shape index (κ3) is 5.65. The Morgan fingerprint density at radius 3 is 2.50 bits per heavy atom. The van der Waals surface area contributed by atoms with E-state index in [9.17, 15) is 9.18 Å². The SMILES string of the molecule is O=C(N/N=C\c1ccc(OCc2ccc(Cl)cc2)c(Br)c1)c1ccc(F)cc1. The van der Waals surface area contributed by atoms with Crippen LogP contribution in [0.25, 0.3) is 0 Å². The molecule has 28 heavy (non-hydrogen) atoms. The molecular formula is C21H15BrClFN2O2. The van der Waals surface area contributed by atoms with Crippen LogP contribution in [0, 0.1) is 5.82 Å². The Hall–Kier alpha value is -2.70. The fourth-order valence-electron chi connectivity index (χ4n) is 2.29. The number of rotatable bonds is 6. The standard InChI is InChI=1S/C21H15BrClFN2O2/c22-19-11-15(12-25-26-21(27)16-4-8-18(24)9-5-16)3-10-20(19)28-13-14-1-6-17(23)7-2-14/h1-12H,13H2,(H,26,27)/b25-12-. The van der Waals surface area contributed by atoms with E-state index in [1.807, 2.05) is 42.5 Å². The van der Waals surface area contributed by atoms with E-state index in [2.05, 4.69) is 26.5 Å². The highest BCUT2D eigenvalue weighted by Crippen LogP contribution is 2.26. The normalized spacial score (nSPS) is 10.8. The van der Waals surface area contributed by atoms with Crippen LogP contribution in [0.4, 0.5) is 4.39 Å². The number of halogens is 3. The van der Waals surface area contributed by atoms with Gasteiger partial charge in [-0.05, 0) is 81.7 Å². The van der Waals surface area contributed by atoms with Crippen LogP contribution in [0.3, 0.4) is 0 Å². The van der Waals surface area contributed by atoms with E-state index in [4.69, 9.17) is 16.3 Å². The zero-order chi connectivity index (χ0) is 19.9. The summed E-state index contributed by atoms with van der Waals surface area (Å²) in [5.74, 6) is -0.135. The van der Waals surface area contributed by atoms with Crippen LogP contribution in [0.1, 0.15) is 21.5 Å². The molecule has 0 aliphatic heterocycles. The molecule has 0 saturated carbocycles. The monoisotopic (exact) mass is 460 g/mol. The van der Waals surface area contributed by atoms with Crippen molar-refractivity contribution in [1.29, 1.82) is 0 Å². The summed E-state index contributed by atoms with van der Waals surface area (Å²) in [5.41, 5.74) is 4.50. The number of hydrazone groups is 1. The average molecular weight is 462 g/mol. The van der Waals surface area contributed by atoms with Crippen LogP contribution in [0.2, 0.25) is 5.02 Å². The lowest BCUT2D eigenvalue weighted by molar-refractivity contribution is 0.0955. The molecule has 0 atom stereocenters. The number of carbonyl (C=O) groups is 1. The Bertz CT molecular complexity index is 992. The molecule has 7 heteroatoms. The second kappa shape index (κ2) is 9.48. The van der Waals surface area contributed by atoms with Gasteiger partial charge in [0.2, 0.25) is 0 Å². The van der Waals surface area contributed by atoms with Gasteiger partial charge in [-0.1, -0.05) is 23.7 Å². The van der Waals surface area contributed by atoms with Crippen molar-refractivity contribution in [3.63, 3.8) is 0 Å². The van der Waals surface area contributed by atoms with E-state index >= 15 is 0 Å². The maximum atomic E-state index is 12.9. The lowest BCUT2D eigenvalue weighted by Gasteiger charge is -2.09. The van der Waals surface area contributed by atoms with Crippen molar-refractivity contribution in [3.8, 4) is 5.75 Å². The maximum Gasteiger partial charge on any atom is 0.271 e. The molecule has 142 valence electrons. The number of carbonyl (C=O) groups excluding carboxylic acids is 1. The third-order valence-electron chi connectivity index (χ3n) is 3.75. The zero-order valence-electron chi connectivity index (χ0n) is 14.5. The minimum Gasteiger partial charge on any atom is -0.488 e.